The molecule has 2 rings (SSSR count). The van der Waals surface area contributed by atoms with Crippen molar-refractivity contribution in [3.05, 3.63) is 54.1 Å². The van der Waals surface area contributed by atoms with Gasteiger partial charge in [0, 0.05) is 11.3 Å². The van der Waals surface area contributed by atoms with Gasteiger partial charge in [0.05, 0.1) is 12.8 Å². The van der Waals surface area contributed by atoms with Gasteiger partial charge in [-0.05, 0) is 43.3 Å². The van der Waals surface area contributed by atoms with Gasteiger partial charge < -0.3 is 15.4 Å². The van der Waals surface area contributed by atoms with Crippen LogP contribution in [0.3, 0.4) is 0 Å². The van der Waals surface area contributed by atoms with Gasteiger partial charge in [0.15, 0.2) is 0 Å². The molecule has 5 nitrogen and oxygen atoms in total. The molecule has 2 aromatic carbocycles. The van der Waals surface area contributed by atoms with Crippen LogP contribution in [0.2, 0.25) is 0 Å². The van der Waals surface area contributed by atoms with Crippen molar-refractivity contribution in [1.29, 1.82) is 0 Å². The van der Waals surface area contributed by atoms with Crippen LogP contribution in [0.1, 0.15) is 17.3 Å². The third-order valence-corrected chi connectivity index (χ3v) is 3.33. The molecule has 6 heteroatoms. The summed E-state index contributed by atoms with van der Waals surface area (Å²) >= 11 is 5.69. The number of anilines is 2. The van der Waals surface area contributed by atoms with Crippen LogP contribution in [-0.4, -0.2) is 24.3 Å². The molecular formula is C17H17ClN2O3. The maximum absolute atomic E-state index is 12.2. The fourth-order valence-electron chi connectivity index (χ4n) is 1.89. The molecule has 0 saturated carbocycles. The van der Waals surface area contributed by atoms with E-state index in [4.69, 9.17) is 16.3 Å². The molecule has 2 amide bonds. The van der Waals surface area contributed by atoms with E-state index >= 15 is 0 Å². The summed E-state index contributed by atoms with van der Waals surface area (Å²) in [6.07, 6.45) is 0. The van der Waals surface area contributed by atoms with Crippen molar-refractivity contribution in [2.75, 3.05) is 17.7 Å². The van der Waals surface area contributed by atoms with Crippen LogP contribution in [0.5, 0.6) is 5.75 Å². The topological polar surface area (TPSA) is 67.4 Å². The Morgan fingerprint density at radius 3 is 2.30 bits per heavy atom. The average Bonchev–Trinajstić information content (AvgIpc) is 2.55. The molecule has 1 atom stereocenters. The number of benzene rings is 2. The third kappa shape index (κ3) is 4.47. The van der Waals surface area contributed by atoms with Crippen LogP contribution in [0.15, 0.2) is 48.5 Å². The van der Waals surface area contributed by atoms with Gasteiger partial charge in [-0.25, -0.2) is 0 Å². The number of carbonyl (C=O) groups excluding carboxylic acids is 2. The lowest BCUT2D eigenvalue weighted by atomic mass is 10.2. The second kappa shape index (κ2) is 7.65. The van der Waals surface area contributed by atoms with Gasteiger partial charge in [0.2, 0.25) is 5.91 Å². The Labute approximate surface area is 139 Å². The van der Waals surface area contributed by atoms with Crippen molar-refractivity contribution in [3.8, 4) is 5.75 Å². The van der Waals surface area contributed by atoms with Crippen molar-refractivity contribution in [2.24, 2.45) is 0 Å². The number of methoxy groups -OCH3 is 1. The maximum atomic E-state index is 12.2. The minimum Gasteiger partial charge on any atom is -0.495 e. The number of para-hydroxylation sites is 2. The molecule has 0 aliphatic carbocycles. The van der Waals surface area contributed by atoms with E-state index in [0.29, 0.717) is 22.7 Å². The van der Waals surface area contributed by atoms with E-state index in [1.807, 2.05) is 12.1 Å². The van der Waals surface area contributed by atoms with E-state index in [2.05, 4.69) is 10.6 Å². The molecule has 0 saturated heterocycles. The Morgan fingerprint density at radius 1 is 1.04 bits per heavy atom. The summed E-state index contributed by atoms with van der Waals surface area (Å²) in [6, 6.07) is 13.7. The predicted molar refractivity (Wildman–Crippen MR) is 91.3 cm³/mol. The largest absolute Gasteiger partial charge is 0.495 e. The number of halogens is 1. The van der Waals surface area contributed by atoms with Gasteiger partial charge in [0.1, 0.15) is 11.1 Å². The Hall–Kier alpha value is -2.53. The first-order chi connectivity index (χ1) is 11.0. The van der Waals surface area contributed by atoms with Gasteiger partial charge in [0.25, 0.3) is 5.91 Å². The van der Waals surface area contributed by atoms with E-state index in [1.165, 1.54) is 0 Å². The Kier molecular flexibility index (Phi) is 5.60. The molecule has 0 aliphatic rings. The number of hydrogen-bond donors (Lipinski definition) is 2. The zero-order chi connectivity index (χ0) is 16.8. The lowest BCUT2D eigenvalue weighted by Crippen LogP contribution is -2.20. The fourth-order valence-corrected chi connectivity index (χ4v) is 1.94. The van der Waals surface area contributed by atoms with Crippen molar-refractivity contribution in [3.63, 3.8) is 0 Å². The molecule has 0 aromatic heterocycles. The van der Waals surface area contributed by atoms with E-state index in [1.54, 1.807) is 50.4 Å². The monoisotopic (exact) mass is 332 g/mol. The first kappa shape index (κ1) is 16.8. The summed E-state index contributed by atoms with van der Waals surface area (Å²) in [7, 11) is 1.54. The van der Waals surface area contributed by atoms with E-state index in [-0.39, 0.29) is 11.8 Å². The highest BCUT2D eigenvalue weighted by Gasteiger charge is 2.11. The summed E-state index contributed by atoms with van der Waals surface area (Å²) < 4.78 is 5.19. The molecule has 0 radical (unpaired) electrons. The minimum atomic E-state index is -0.622. The second-order valence-electron chi connectivity index (χ2n) is 4.84. The maximum Gasteiger partial charge on any atom is 0.255 e. The quantitative estimate of drug-likeness (QED) is 0.823. The summed E-state index contributed by atoms with van der Waals surface area (Å²) in [5.41, 5.74) is 1.64. The SMILES string of the molecule is COc1ccccc1NC(=O)c1ccc(NC(=O)[C@@H](C)Cl)cc1. The van der Waals surface area contributed by atoms with Gasteiger partial charge in [-0.2, -0.15) is 0 Å². The van der Waals surface area contributed by atoms with Crippen LogP contribution in [0.4, 0.5) is 11.4 Å². The fraction of sp³-hybridized carbons (Fsp3) is 0.176. The smallest absolute Gasteiger partial charge is 0.255 e. The number of alkyl halides is 1. The van der Waals surface area contributed by atoms with Crippen LogP contribution in [-0.2, 0) is 4.79 Å². The highest BCUT2D eigenvalue weighted by Crippen LogP contribution is 2.23. The molecule has 2 aromatic rings. The minimum absolute atomic E-state index is 0.266. The zero-order valence-electron chi connectivity index (χ0n) is 12.8. The molecule has 23 heavy (non-hydrogen) atoms. The summed E-state index contributed by atoms with van der Waals surface area (Å²) in [5.74, 6) is 0.0248. The van der Waals surface area contributed by atoms with Crippen LogP contribution in [0, 0.1) is 0 Å². The lowest BCUT2D eigenvalue weighted by molar-refractivity contribution is -0.115. The van der Waals surface area contributed by atoms with E-state index in [9.17, 15) is 9.59 Å². The number of ether oxygens (including phenoxy) is 1. The molecule has 2 N–H and O–H groups in total. The number of nitrogens with one attached hydrogen (secondary N) is 2. The predicted octanol–water partition coefficient (Wildman–Crippen LogP) is 3.51. The van der Waals surface area contributed by atoms with Crippen molar-refractivity contribution >= 4 is 34.8 Å². The molecule has 120 valence electrons. The molecule has 0 unspecified atom stereocenters. The zero-order valence-corrected chi connectivity index (χ0v) is 13.6. The second-order valence-corrected chi connectivity index (χ2v) is 5.49. The van der Waals surface area contributed by atoms with Crippen molar-refractivity contribution < 1.29 is 14.3 Å². The number of rotatable bonds is 5. The lowest BCUT2D eigenvalue weighted by Gasteiger charge is -2.10. The van der Waals surface area contributed by atoms with E-state index in [0.717, 1.165) is 0 Å². The standard InChI is InChI=1S/C17H17ClN2O3/c1-11(18)16(21)19-13-9-7-12(8-10-13)17(22)20-14-5-3-4-6-15(14)23-2/h3-11H,1-2H3,(H,19,21)(H,20,22)/t11-/m1/s1. The Bertz CT molecular complexity index is 699. The number of carbonyl (C=O) groups is 2. The number of amides is 2. The summed E-state index contributed by atoms with van der Waals surface area (Å²) in [6.45, 7) is 1.59. The molecular weight excluding hydrogens is 316 g/mol. The van der Waals surface area contributed by atoms with E-state index < -0.39 is 5.38 Å². The molecule has 0 fully saturated rings. The van der Waals surface area contributed by atoms with Gasteiger partial charge in [-0.3, -0.25) is 9.59 Å². The van der Waals surface area contributed by atoms with Gasteiger partial charge in [-0.15, -0.1) is 11.6 Å². The Balaban J connectivity index is 2.07. The number of hydrogen-bond acceptors (Lipinski definition) is 3. The summed E-state index contributed by atoms with van der Waals surface area (Å²) in [5, 5.41) is 4.81. The highest BCUT2D eigenvalue weighted by atomic mass is 35.5. The van der Waals surface area contributed by atoms with Crippen molar-refractivity contribution in [2.45, 2.75) is 12.3 Å². The summed E-state index contributed by atoms with van der Waals surface area (Å²) in [4.78, 5) is 23.8. The van der Waals surface area contributed by atoms with Gasteiger partial charge >= 0.3 is 0 Å². The van der Waals surface area contributed by atoms with Crippen LogP contribution >= 0.6 is 11.6 Å². The normalized spacial score (nSPS) is 11.4. The molecule has 0 spiro atoms. The molecule has 0 heterocycles. The van der Waals surface area contributed by atoms with Crippen LogP contribution in [0.25, 0.3) is 0 Å². The first-order valence-electron chi connectivity index (χ1n) is 7.00. The molecule has 0 bridgehead atoms. The average molecular weight is 333 g/mol. The van der Waals surface area contributed by atoms with Crippen molar-refractivity contribution in [1.82, 2.24) is 0 Å². The third-order valence-electron chi connectivity index (χ3n) is 3.13. The first-order valence-corrected chi connectivity index (χ1v) is 7.44. The Morgan fingerprint density at radius 2 is 1.70 bits per heavy atom. The highest BCUT2D eigenvalue weighted by molar-refractivity contribution is 6.32. The molecule has 0 aliphatic heterocycles. The van der Waals surface area contributed by atoms with Gasteiger partial charge in [-0.1, -0.05) is 12.1 Å². The van der Waals surface area contributed by atoms with Crippen LogP contribution < -0.4 is 15.4 Å².